The maximum atomic E-state index is 9.69. The van der Waals surface area contributed by atoms with E-state index in [9.17, 15) is 5.11 Å². The van der Waals surface area contributed by atoms with Gasteiger partial charge in [0.15, 0.2) is 0 Å². The van der Waals surface area contributed by atoms with Gasteiger partial charge in [0, 0.05) is 25.7 Å². The lowest BCUT2D eigenvalue weighted by Crippen LogP contribution is -2.38. The third-order valence-corrected chi connectivity index (χ3v) is 2.79. The zero-order valence-electron chi connectivity index (χ0n) is 10.8. The average molecular weight is 230 g/mol. The molecule has 0 aromatic carbocycles. The van der Waals surface area contributed by atoms with E-state index < -0.39 is 0 Å². The van der Waals surface area contributed by atoms with Gasteiger partial charge in [0.25, 0.3) is 0 Å². The van der Waals surface area contributed by atoms with Crippen molar-refractivity contribution < 1.29 is 9.84 Å². The quantitative estimate of drug-likeness (QED) is 0.661. The molecule has 1 fully saturated rings. The lowest BCUT2D eigenvalue weighted by molar-refractivity contribution is 0.0251. The van der Waals surface area contributed by atoms with Crippen molar-refractivity contribution in [2.45, 2.75) is 32.4 Å². The number of ether oxygens (including phenoxy) is 1. The van der Waals surface area contributed by atoms with Crippen LogP contribution in [-0.4, -0.2) is 62.0 Å². The Kier molecular flexibility index (Phi) is 6.28. The molecule has 96 valence electrons. The number of nitrogens with one attached hydrogen (secondary N) is 1. The fourth-order valence-electron chi connectivity index (χ4n) is 1.90. The molecule has 1 aliphatic rings. The number of rotatable bonds is 7. The van der Waals surface area contributed by atoms with E-state index in [1.807, 2.05) is 0 Å². The summed E-state index contributed by atoms with van der Waals surface area (Å²) in [5, 5.41) is 13.1. The summed E-state index contributed by atoms with van der Waals surface area (Å²) in [4.78, 5) is 2.30. The maximum absolute atomic E-state index is 9.69. The molecule has 4 nitrogen and oxygen atoms in total. The third kappa shape index (κ3) is 5.80. The summed E-state index contributed by atoms with van der Waals surface area (Å²) in [7, 11) is 2.13. The fourth-order valence-corrected chi connectivity index (χ4v) is 1.90. The highest BCUT2D eigenvalue weighted by Gasteiger charge is 2.19. The Morgan fingerprint density at radius 1 is 1.44 bits per heavy atom. The molecule has 1 saturated heterocycles. The highest BCUT2D eigenvalue weighted by Crippen LogP contribution is 2.05. The minimum atomic E-state index is -0.385. The molecule has 2 unspecified atom stereocenters. The van der Waals surface area contributed by atoms with E-state index in [1.54, 1.807) is 0 Å². The van der Waals surface area contributed by atoms with Gasteiger partial charge >= 0.3 is 0 Å². The zero-order valence-corrected chi connectivity index (χ0v) is 10.8. The Hall–Kier alpha value is -0.160. The van der Waals surface area contributed by atoms with Gasteiger partial charge in [-0.2, -0.15) is 0 Å². The minimum absolute atomic E-state index is 0.385. The number of likely N-dealkylation sites (N-methyl/N-ethyl adjacent to an activating group) is 1. The summed E-state index contributed by atoms with van der Waals surface area (Å²) in [6.07, 6.45) is 0.792. The van der Waals surface area contributed by atoms with Crippen LogP contribution in [0.2, 0.25) is 0 Å². The number of hydrogen-bond donors (Lipinski definition) is 2. The van der Waals surface area contributed by atoms with Crippen LogP contribution in [0.15, 0.2) is 0 Å². The standard InChI is InChI=1S/C12H26N2O2/c1-10(2)8-16-9-12(15)6-13-11-4-5-14(3)7-11/h10-13,15H,4-9H2,1-3H3. The number of likely N-dealkylation sites (tertiary alicyclic amines) is 1. The highest BCUT2D eigenvalue weighted by atomic mass is 16.5. The van der Waals surface area contributed by atoms with Crippen LogP contribution in [0.4, 0.5) is 0 Å². The Morgan fingerprint density at radius 2 is 2.19 bits per heavy atom. The van der Waals surface area contributed by atoms with Gasteiger partial charge in [-0.3, -0.25) is 0 Å². The van der Waals surface area contributed by atoms with Gasteiger partial charge in [-0.25, -0.2) is 0 Å². The fraction of sp³-hybridized carbons (Fsp3) is 1.00. The molecule has 0 spiro atoms. The molecule has 16 heavy (non-hydrogen) atoms. The molecule has 0 aromatic heterocycles. The largest absolute Gasteiger partial charge is 0.389 e. The topological polar surface area (TPSA) is 44.7 Å². The van der Waals surface area contributed by atoms with E-state index in [1.165, 1.54) is 6.42 Å². The molecular weight excluding hydrogens is 204 g/mol. The molecule has 4 heteroatoms. The van der Waals surface area contributed by atoms with Crippen molar-refractivity contribution >= 4 is 0 Å². The van der Waals surface area contributed by atoms with Crippen molar-refractivity contribution in [3.8, 4) is 0 Å². The van der Waals surface area contributed by atoms with Crippen LogP contribution < -0.4 is 5.32 Å². The zero-order chi connectivity index (χ0) is 12.0. The van der Waals surface area contributed by atoms with Crippen molar-refractivity contribution in [3.63, 3.8) is 0 Å². The highest BCUT2D eigenvalue weighted by molar-refractivity contribution is 4.79. The molecule has 2 atom stereocenters. The van der Waals surface area contributed by atoms with Crippen molar-refractivity contribution in [1.29, 1.82) is 0 Å². The van der Waals surface area contributed by atoms with Crippen molar-refractivity contribution in [3.05, 3.63) is 0 Å². The van der Waals surface area contributed by atoms with Gasteiger partial charge in [0.1, 0.15) is 0 Å². The van der Waals surface area contributed by atoms with Gasteiger partial charge in [-0.15, -0.1) is 0 Å². The number of nitrogens with zero attached hydrogens (tertiary/aromatic N) is 1. The summed E-state index contributed by atoms with van der Waals surface area (Å²) in [6.45, 7) is 8.25. The third-order valence-electron chi connectivity index (χ3n) is 2.79. The van der Waals surface area contributed by atoms with Crippen LogP contribution in [0.25, 0.3) is 0 Å². The Balaban J connectivity index is 1.99. The van der Waals surface area contributed by atoms with Crippen molar-refractivity contribution in [2.75, 3.05) is 39.9 Å². The Bertz CT molecular complexity index is 188. The van der Waals surface area contributed by atoms with Crippen LogP contribution in [-0.2, 0) is 4.74 Å². The first kappa shape index (κ1) is 13.9. The van der Waals surface area contributed by atoms with E-state index >= 15 is 0 Å². The molecule has 0 aliphatic carbocycles. The van der Waals surface area contributed by atoms with Gasteiger partial charge in [0.05, 0.1) is 12.7 Å². The first-order chi connectivity index (χ1) is 7.58. The van der Waals surface area contributed by atoms with Gasteiger partial charge in [-0.1, -0.05) is 13.8 Å². The predicted octanol–water partition coefficient (Wildman–Crippen LogP) is 0.314. The van der Waals surface area contributed by atoms with Gasteiger partial charge < -0.3 is 20.1 Å². The number of aliphatic hydroxyl groups is 1. The van der Waals surface area contributed by atoms with Gasteiger partial charge in [0.2, 0.25) is 0 Å². The van der Waals surface area contributed by atoms with E-state index in [4.69, 9.17) is 4.74 Å². The summed E-state index contributed by atoms with van der Waals surface area (Å²) in [5.41, 5.74) is 0. The molecular formula is C12H26N2O2. The second kappa shape index (κ2) is 7.22. The molecule has 1 rings (SSSR count). The SMILES string of the molecule is CC(C)COCC(O)CNC1CCN(C)C1. The van der Waals surface area contributed by atoms with E-state index in [2.05, 4.69) is 31.1 Å². The molecule has 1 heterocycles. The molecule has 1 aliphatic heterocycles. The molecule has 0 amide bonds. The summed E-state index contributed by atoms with van der Waals surface area (Å²) in [6, 6.07) is 0.532. The number of hydrogen-bond acceptors (Lipinski definition) is 4. The van der Waals surface area contributed by atoms with Crippen LogP contribution in [0.5, 0.6) is 0 Å². The molecule has 0 aromatic rings. The lowest BCUT2D eigenvalue weighted by Gasteiger charge is -2.17. The van der Waals surface area contributed by atoms with Crippen LogP contribution in [0.3, 0.4) is 0 Å². The van der Waals surface area contributed by atoms with Crippen LogP contribution in [0.1, 0.15) is 20.3 Å². The molecule has 0 saturated carbocycles. The second-order valence-electron chi connectivity index (χ2n) is 5.24. The Labute approximate surface area is 99.0 Å². The first-order valence-corrected chi connectivity index (χ1v) is 6.25. The summed E-state index contributed by atoms with van der Waals surface area (Å²) >= 11 is 0. The number of aliphatic hydroxyl groups excluding tert-OH is 1. The normalized spacial score (nSPS) is 24.2. The monoisotopic (exact) mass is 230 g/mol. The van der Waals surface area contributed by atoms with Crippen LogP contribution >= 0.6 is 0 Å². The first-order valence-electron chi connectivity index (χ1n) is 6.25. The second-order valence-corrected chi connectivity index (χ2v) is 5.24. The Morgan fingerprint density at radius 3 is 2.75 bits per heavy atom. The molecule has 0 radical (unpaired) electrons. The average Bonchev–Trinajstić information content (AvgIpc) is 2.61. The van der Waals surface area contributed by atoms with Crippen molar-refractivity contribution in [2.24, 2.45) is 5.92 Å². The maximum Gasteiger partial charge on any atom is 0.0897 e. The lowest BCUT2D eigenvalue weighted by atomic mass is 10.2. The van der Waals surface area contributed by atoms with Gasteiger partial charge in [-0.05, 0) is 25.9 Å². The molecule has 0 bridgehead atoms. The molecule has 2 N–H and O–H groups in total. The van der Waals surface area contributed by atoms with E-state index in [0.717, 1.165) is 19.7 Å². The summed E-state index contributed by atoms with van der Waals surface area (Å²) in [5.74, 6) is 0.531. The van der Waals surface area contributed by atoms with Crippen LogP contribution in [0, 0.1) is 5.92 Å². The summed E-state index contributed by atoms with van der Waals surface area (Å²) < 4.78 is 5.39. The predicted molar refractivity (Wildman–Crippen MR) is 65.6 cm³/mol. The van der Waals surface area contributed by atoms with E-state index in [0.29, 0.717) is 25.1 Å². The minimum Gasteiger partial charge on any atom is -0.389 e. The smallest absolute Gasteiger partial charge is 0.0897 e. The van der Waals surface area contributed by atoms with Crippen molar-refractivity contribution in [1.82, 2.24) is 10.2 Å². The van der Waals surface area contributed by atoms with E-state index in [-0.39, 0.29) is 6.10 Å².